The largest absolute Gasteiger partial charge is 0.474 e. The molecule has 2 aromatic heterocycles. The quantitative estimate of drug-likeness (QED) is 0.500. The molecule has 0 bridgehead atoms. The molecule has 32 heavy (non-hydrogen) atoms. The first kappa shape index (κ1) is 20.2. The summed E-state index contributed by atoms with van der Waals surface area (Å²) < 4.78 is 11.8. The Kier molecular flexibility index (Phi) is 5.56. The smallest absolute Gasteiger partial charge is 0.256 e. The molecule has 0 spiro atoms. The van der Waals surface area contributed by atoms with E-state index in [9.17, 15) is 4.79 Å². The lowest BCUT2D eigenvalue weighted by Crippen LogP contribution is -2.35. The Hall–Kier alpha value is -3.71. The van der Waals surface area contributed by atoms with E-state index in [1.165, 1.54) is 6.39 Å². The fourth-order valence-corrected chi connectivity index (χ4v) is 3.93. The monoisotopic (exact) mass is 428 g/mol. The first-order valence-corrected chi connectivity index (χ1v) is 10.7. The Morgan fingerprint density at radius 3 is 2.69 bits per heavy atom. The standard InChI is InChI=1S/C25H24N4O3/c1-29-11-9-20(10-12-29)32-25-21-8-7-18(22-15-26-16-31-22)13-19(21)14-23(28-25)27-24(30)17-5-3-2-4-6-17/h2-8,13-16,20H,9-12H2,1H3,(H,27,28,30). The van der Waals surface area contributed by atoms with Crippen LogP contribution in [0.1, 0.15) is 23.2 Å². The molecule has 162 valence electrons. The highest BCUT2D eigenvalue weighted by Crippen LogP contribution is 2.32. The van der Waals surface area contributed by atoms with Gasteiger partial charge in [0.25, 0.3) is 5.91 Å². The van der Waals surface area contributed by atoms with Crippen molar-refractivity contribution < 1.29 is 13.9 Å². The Balaban J connectivity index is 1.51. The minimum Gasteiger partial charge on any atom is -0.474 e. The van der Waals surface area contributed by atoms with E-state index in [0.29, 0.717) is 23.0 Å². The van der Waals surface area contributed by atoms with E-state index in [1.54, 1.807) is 18.3 Å². The molecule has 1 saturated heterocycles. The first-order chi connectivity index (χ1) is 15.7. The van der Waals surface area contributed by atoms with Crippen LogP contribution < -0.4 is 10.1 Å². The fraction of sp³-hybridized carbons (Fsp3) is 0.240. The van der Waals surface area contributed by atoms with Gasteiger partial charge in [0.1, 0.15) is 11.9 Å². The van der Waals surface area contributed by atoms with Gasteiger partial charge in [0, 0.05) is 29.6 Å². The average Bonchev–Trinajstić information content (AvgIpc) is 3.36. The van der Waals surface area contributed by atoms with Crippen molar-refractivity contribution in [1.29, 1.82) is 0 Å². The third kappa shape index (κ3) is 4.33. The maximum atomic E-state index is 12.7. The van der Waals surface area contributed by atoms with E-state index in [1.807, 2.05) is 42.5 Å². The molecule has 7 heteroatoms. The van der Waals surface area contributed by atoms with Crippen LogP contribution in [-0.2, 0) is 0 Å². The van der Waals surface area contributed by atoms with E-state index < -0.39 is 0 Å². The molecular formula is C25H24N4O3. The molecule has 1 fully saturated rings. The molecule has 0 aliphatic carbocycles. The minimum absolute atomic E-state index is 0.0934. The Morgan fingerprint density at radius 2 is 1.94 bits per heavy atom. The first-order valence-electron chi connectivity index (χ1n) is 10.7. The summed E-state index contributed by atoms with van der Waals surface area (Å²) in [5.74, 6) is 1.44. The number of carbonyl (C=O) groups is 1. The number of nitrogens with one attached hydrogen (secondary N) is 1. The van der Waals surface area contributed by atoms with Crippen LogP contribution >= 0.6 is 0 Å². The number of oxazole rings is 1. The Labute approximate surface area is 186 Å². The van der Waals surface area contributed by atoms with Gasteiger partial charge in [-0.15, -0.1) is 0 Å². The minimum atomic E-state index is -0.214. The third-order valence-electron chi connectivity index (χ3n) is 5.73. The maximum Gasteiger partial charge on any atom is 0.256 e. The van der Waals surface area contributed by atoms with Crippen molar-refractivity contribution in [3.05, 3.63) is 72.8 Å². The molecule has 1 N–H and O–H groups in total. The molecule has 1 aliphatic heterocycles. The summed E-state index contributed by atoms with van der Waals surface area (Å²) in [6.07, 6.45) is 5.06. The summed E-state index contributed by atoms with van der Waals surface area (Å²) >= 11 is 0. The van der Waals surface area contributed by atoms with Crippen molar-refractivity contribution in [2.24, 2.45) is 0 Å². The number of fused-ring (bicyclic) bond motifs is 1. The van der Waals surface area contributed by atoms with Crippen LogP contribution in [0, 0.1) is 0 Å². The van der Waals surface area contributed by atoms with Crippen LogP contribution in [0.4, 0.5) is 5.82 Å². The topological polar surface area (TPSA) is 80.5 Å². The van der Waals surface area contributed by atoms with Crippen LogP contribution in [0.3, 0.4) is 0 Å². The summed E-state index contributed by atoms with van der Waals surface area (Å²) in [6.45, 7) is 1.98. The summed E-state index contributed by atoms with van der Waals surface area (Å²) in [7, 11) is 2.12. The molecular weight excluding hydrogens is 404 g/mol. The van der Waals surface area contributed by atoms with Crippen molar-refractivity contribution in [2.75, 3.05) is 25.5 Å². The van der Waals surface area contributed by atoms with Crippen molar-refractivity contribution >= 4 is 22.5 Å². The molecule has 0 atom stereocenters. The average molecular weight is 428 g/mol. The number of nitrogens with zero attached hydrogens (tertiary/aromatic N) is 3. The van der Waals surface area contributed by atoms with Crippen molar-refractivity contribution in [3.63, 3.8) is 0 Å². The van der Waals surface area contributed by atoms with Crippen molar-refractivity contribution in [1.82, 2.24) is 14.9 Å². The maximum absolute atomic E-state index is 12.7. The van der Waals surface area contributed by atoms with E-state index in [-0.39, 0.29) is 12.0 Å². The highest BCUT2D eigenvalue weighted by Gasteiger charge is 2.21. The molecule has 2 aromatic carbocycles. The van der Waals surface area contributed by atoms with Gasteiger partial charge < -0.3 is 19.4 Å². The van der Waals surface area contributed by atoms with Gasteiger partial charge in [-0.1, -0.05) is 24.3 Å². The van der Waals surface area contributed by atoms with E-state index in [4.69, 9.17) is 9.15 Å². The predicted molar refractivity (Wildman–Crippen MR) is 123 cm³/mol. The normalized spacial score (nSPS) is 15.0. The van der Waals surface area contributed by atoms with E-state index >= 15 is 0 Å². The number of hydrogen-bond acceptors (Lipinski definition) is 6. The second kappa shape index (κ2) is 8.80. The molecule has 1 aliphatic rings. The second-order valence-corrected chi connectivity index (χ2v) is 8.05. The van der Waals surface area contributed by atoms with Crippen LogP contribution in [0.15, 0.2) is 71.6 Å². The van der Waals surface area contributed by atoms with Crippen LogP contribution in [0.5, 0.6) is 5.88 Å². The second-order valence-electron chi connectivity index (χ2n) is 8.05. The zero-order chi connectivity index (χ0) is 21.9. The van der Waals surface area contributed by atoms with E-state index in [0.717, 1.165) is 42.3 Å². The number of ether oxygens (including phenoxy) is 1. The zero-order valence-electron chi connectivity index (χ0n) is 17.8. The van der Waals surface area contributed by atoms with Crippen LogP contribution in [-0.4, -0.2) is 47.0 Å². The summed E-state index contributed by atoms with van der Waals surface area (Å²) in [5.41, 5.74) is 1.47. The molecule has 7 nitrogen and oxygen atoms in total. The lowest BCUT2D eigenvalue weighted by Gasteiger charge is -2.29. The molecule has 4 aromatic rings. The van der Waals surface area contributed by atoms with Crippen LogP contribution in [0.25, 0.3) is 22.1 Å². The number of amides is 1. The number of carbonyl (C=O) groups excluding carboxylic acids is 1. The number of pyridine rings is 1. The van der Waals surface area contributed by atoms with Gasteiger partial charge in [-0.3, -0.25) is 4.79 Å². The fourth-order valence-electron chi connectivity index (χ4n) is 3.93. The van der Waals surface area contributed by atoms with Gasteiger partial charge in [0.2, 0.25) is 5.88 Å². The molecule has 1 amide bonds. The predicted octanol–water partition coefficient (Wildman–Crippen LogP) is 4.62. The number of anilines is 1. The summed E-state index contributed by atoms with van der Waals surface area (Å²) in [5, 5.41) is 4.71. The van der Waals surface area contributed by atoms with E-state index in [2.05, 4.69) is 27.2 Å². The van der Waals surface area contributed by atoms with Gasteiger partial charge in [0.15, 0.2) is 12.2 Å². The lowest BCUT2D eigenvalue weighted by atomic mass is 10.1. The van der Waals surface area contributed by atoms with Crippen LogP contribution in [0.2, 0.25) is 0 Å². The highest BCUT2D eigenvalue weighted by atomic mass is 16.5. The third-order valence-corrected chi connectivity index (χ3v) is 5.73. The number of hydrogen-bond donors (Lipinski definition) is 1. The number of likely N-dealkylation sites (tertiary alicyclic amines) is 1. The SMILES string of the molecule is CN1CCC(Oc2nc(NC(=O)c3ccccc3)cc3cc(-c4cnco4)ccc23)CC1. The number of aromatic nitrogens is 2. The van der Waals surface area contributed by atoms with Crippen molar-refractivity contribution in [3.8, 4) is 17.2 Å². The molecule has 0 radical (unpaired) electrons. The molecule has 0 unspecified atom stereocenters. The zero-order valence-corrected chi connectivity index (χ0v) is 17.8. The Morgan fingerprint density at radius 1 is 1.12 bits per heavy atom. The number of rotatable bonds is 5. The summed E-state index contributed by atoms with van der Waals surface area (Å²) in [6, 6.07) is 16.9. The van der Waals surface area contributed by atoms with Gasteiger partial charge in [0.05, 0.1) is 6.20 Å². The molecule has 0 saturated carbocycles. The van der Waals surface area contributed by atoms with Gasteiger partial charge >= 0.3 is 0 Å². The Bertz CT molecular complexity index is 1220. The number of piperidine rings is 1. The summed E-state index contributed by atoms with van der Waals surface area (Å²) in [4.78, 5) is 23.7. The number of benzene rings is 2. The van der Waals surface area contributed by atoms with Gasteiger partial charge in [-0.25, -0.2) is 4.98 Å². The molecule has 5 rings (SSSR count). The van der Waals surface area contributed by atoms with Crippen molar-refractivity contribution in [2.45, 2.75) is 18.9 Å². The molecule has 3 heterocycles. The lowest BCUT2D eigenvalue weighted by molar-refractivity contribution is 0.102. The highest BCUT2D eigenvalue weighted by molar-refractivity contribution is 6.05. The van der Waals surface area contributed by atoms with Gasteiger partial charge in [-0.2, -0.15) is 4.98 Å². The van der Waals surface area contributed by atoms with Gasteiger partial charge in [-0.05, 0) is 55.6 Å².